The fourth-order valence-corrected chi connectivity index (χ4v) is 3.38. The summed E-state index contributed by atoms with van der Waals surface area (Å²) in [4.78, 5) is 24.6. The summed E-state index contributed by atoms with van der Waals surface area (Å²) >= 11 is 6.20. The van der Waals surface area contributed by atoms with E-state index in [1.807, 2.05) is 24.3 Å². The zero-order chi connectivity index (χ0) is 16.4. The first-order valence-corrected chi connectivity index (χ1v) is 8.46. The highest BCUT2D eigenvalue weighted by molar-refractivity contribution is 8.26. The van der Waals surface area contributed by atoms with Crippen LogP contribution in [-0.4, -0.2) is 39.4 Å². The Morgan fingerprint density at radius 3 is 2.87 bits per heavy atom. The van der Waals surface area contributed by atoms with Crippen molar-refractivity contribution in [2.75, 3.05) is 13.2 Å². The lowest BCUT2D eigenvalue weighted by molar-refractivity contribution is -0.140. The van der Waals surface area contributed by atoms with Crippen LogP contribution in [-0.2, 0) is 9.59 Å². The number of carboxylic acid groups (broad SMARTS) is 1. The molecule has 2 fully saturated rings. The molecule has 0 atom stereocenters. The van der Waals surface area contributed by atoms with Gasteiger partial charge in [-0.05, 0) is 30.9 Å². The largest absolute Gasteiger partial charge is 0.493 e. The van der Waals surface area contributed by atoms with E-state index in [1.54, 1.807) is 6.08 Å². The molecule has 0 unspecified atom stereocenters. The minimum absolute atomic E-state index is 0.264. The maximum absolute atomic E-state index is 12.3. The summed E-state index contributed by atoms with van der Waals surface area (Å²) in [6.07, 6.45) is 4.12. The van der Waals surface area contributed by atoms with E-state index in [-0.39, 0.29) is 10.2 Å². The van der Waals surface area contributed by atoms with Crippen LogP contribution in [0, 0.1) is 5.92 Å². The Morgan fingerprint density at radius 1 is 1.43 bits per heavy atom. The Bertz CT molecular complexity index is 697. The van der Waals surface area contributed by atoms with E-state index in [0.29, 0.717) is 17.4 Å². The number of aliphatic carboxylic acids is 1. The first-order chi connectivity index (χ1) is 11.0. The Balaban J connectivity index is 1.79. The molecule has 1 amide bonds. The summed E-state index contributed by atoms with van der Waals surface area (Å²) in [5, 5.41) is 8.86. The van der Waals surface area contributed by atoms with Crippen LogP contribution in [0.25, 0.3) is 6.08 Å². The number of hydrogen-bond donors (Lipinski definition) is 1. The van der Waals surface area contributed by atoms with Gasteiger partial charge in [0.2, 0.25) is 0 Å². The van der Waals surface area contributed by atoms with Crippen molar-refractivity contribution >= 4 is 46.3 Å². The minimum Gasteiger partial charge on any atom is -0.493 e. The van der Waals surface area contributed by atoms with Crippen molar-refractivity contribution in [2.24, 2.45) is 5.92 Å². The van der Waals surface area contributed by atoms with E-state index in [1.165, 1.54) is 12.8 Å². The Kier molecular flexibility index (Phi) is 4.68. The highest BCUT2D eigenvalue weighted by atomic mass is 32.2. The van der Waals surface area contributed by atoms with E-state index < -0.39 is 12.5 Å². The molecule has 0 radical (unpaired) electrons. The topological polar surface area (TPSA) is 66.8 Å². The Morgan fingerprint density at radius 2 is 2.17 bits per heavy atom. The van der Waals surface area contributed by atoms with Crippen LogP contribution in [0.2, 0.25) is 0 Å². The molecule has 0 aromatic heterocycles. The van der Waals surface area contributed by atoms with Crippen LogP contribution in [0.5, 0.6) is 5.75 Å². The van der Waals surface area contributed by atoms with Gasteiger partial charge in [0, 0.05) is 5.56 Å². The summed E-state index contributed by atoms with van der Waals surface area (Å²) in [6, 6.07) is 7.49. The summed E-state index contributed by atoms with van der Waals surface area (Å²) in [5.41, 5.74) is 0.795. The molecule has 0 spiro atoms. The predicted molar refractivity (Wildman–Crippen MR) is 92.2 cm³/mol. The second kappa shape index (κ2) is 6.72. The zero-order valence-electron chi connectivity index (χ0n) is 12.2. The average molecular weight is 349 g/mol. The number of thioether (sulfide) groups is 1. The molecule has 1 aromatic carbocycles. The Hall–Kier alpha value is -1.86. The quantitative estimate of drug-likeness (QED) is 0.629. The molecule has 0 bridgehead atoms. The smallest absolute Gasteiger partial charge is 0.323 e. The number of nitrogens with zero attached hydrogens (tertiary/aromatic N) is 1. The van der Waals surface area contributed by atoms with E-state index in [0.717, 1.165) is 28.0 Å². The molecule has 2 aliphatic rings. The first-order valence-electron chi connectivity index (χ1n) is 7.23. The third kappa shape index (κ3) is 3.92. The number of ether oxygens (including phenoxy) is 1. The summed E-state index contributed by atoms with van der Waals surface area (Å²) < 4.78 is 6.08. The lowest BCUT2D eigenvalue weighted by atomic mass is 10.2. The second-order valence-electron chi connectivity index (χ2n) is 5.45. The van der Waals surface area contributed by atoms with E-state index in [2.05, 4.69) is 0 Å². The number of hydrogen-bond acceptors (Lipinski definition) is 5. The molecule has 5 nitrogen and oxygen atoms in total. The molecule has 1 aromatic rings. The Labute approximate surface area is 143 Å². The summed E-state index contributed by atoms with van der Waals surface area (Å²) in [6.45, 7) is 0.270. The number of carbonyl (C=O) groups excluding carboxylic acids is 1. The highest BCUT2D eigenvalue weighted by Crippen LogP contribution is 2.35. The third-order valence-corrected chi connectivity index (χ3v) is 4.92. The van der Waals surface area contributed by atoms with Crippen molar-refractivity contribution in [1.29, 1.82) is 0 Å². The number of benzene rings is 1. The van der Waals surface area contributed by atoms with Gasteiger partial charge in [0.1, 0.15) is 16.6 Å². The van der Waals surface area contributed by atoms with E-state index in [4.69, 9.17) is 22.1 Å². The van der Waals surface area contributed by atoms with Crippen molar-refractivity contribution in [2.45, 2.75) is 12.8 Å². The van der Waals surface area contributed by atoms with E-state index >= 15 is 0 Å². The van der Waals surface area contributed by atoms with Gasteiger partial charge in [-0.2, -0.15) is 0 Å². The second-order valence-corrected chi connectivity index (χ2v) is 7.13. The summed E-state index contributed by atoms with van der Waals surface area (Å²) in [7, 11) is 0. The number of amides is 1. The van der Waals surface area contributed by atoms with Crippen molar-refractivity contribution in [1.82, 2.24) is 4.90 Å². The lowest BCUT2D eigenvalue weighted by Gasteiger charge is -2.10. The van der Waals surface area contributed by atoms with Gasteiger partial charge in [-0.3, -0.25) is 14.5 Å². The fourth-order valence-electron chi connectivity index (χ4n) is 2.14. The highest BCUT2D eigenvalue weighted by Gasteiger charge is 2.33. The standard InChI is InChI=1S/C16H15NO4S2/c18-14(19)8-17-15(20)13(23-16(17)22)7-11-3-1-2-4-12(11)21-9-10-5-6-10/h1-4,7,10H,5-6,8-9H2,(H,18,19). The third-order valence-electron chi connectivity index (χ3n) is 3.54. The van der Waals surface area contributed by atoms with Crippen LogP contribution in [0.15, 0.2) is 29.2 Å². The predicted octanol–water partition coefficient (Wildman–Crippen LogP) is 2.76. The summed E-state index contributed by atoms with van der Waals surface area (Å²) in [5.74, 6) is -0.102. The molecule has 1 saturated heterocycles. The zero-order valence-corrected chi connectivity index (χ0v) is 13.9. The van der Waals surface area contributed by atoms with Crippen molar-refractivity contribution in [3.63, 3.8) is 0 Å². The molecule has 1 saturated carbocycles. The van der Waals surface area contributed by atoms with Gasteiger partial charge >= 0.3 is 5.97 Å². The maximum Gasteiger partial charge on any atom is 0.323 e. The lowest BCUT2D eigenvalue weighted by Crippen LogP contribution is -2.33. The van der Waals surface area contributed by atoms with Gasteiger partial charge in [-0.25, -0.2) is 0 Å². The maximum atomic E-state index is 12.3. The van der Waals surface area contributed by atoms with Gasteiger partial charge < -0.3 is 9.84 Å². The van der Waals surface area contributed by atoms with Crippen molar-refractivity contribution in [3.05, 3.63) is 34.7 Å². The molecule has 120 valence electrons. The molecule has 1 heterocycles. The van der Waals surface area contributed by atoms with E-state index in [9.17, 15) is 9.59 Å². The normalized spacial score (nSPS) is 19.5. The number of carbonyl (C=O) groups is 2. The number of para-hydroxylation sites is 1. The molecule has 7 heteroatoms. The molecule has 1 N–H and O–H groups in total. The van der Waals surface area contributed by atoms with Crippen LogP contribution in [0.4, 0.5) is 0 Å². The average Bonchev–Trinajstić information content (AvgIpc) is 3.30. The van der Waals surface area contributed by atoms with Crippen LogP contribution in [0.1, 0.15) is 18.4 Å². The fraction of sp³-hybridized carbons (Fsp3) is 0.312. The molecular formula is C16H15NO4S2. The molecule has 3 rings (SSSR count). The number of rotatable bonds is 6. The van der Waals surface area contributed by atoms with Gasteiger partial charge in [0.25, 0.3) is 5.91 Å². The van der Waals surface area contributed by atoms with Crippen LogP contribution < -0.4 is 4.74 Å². The van der Waals surface area contributed by atoms with Crippen LogP contribution >= 0.6 is 24.0 Å². The van der Waals surface area contributed by atoms with Gasteiger partial charge in [0.05, 0.1) is 11.5 Å². The SMILES string of the molecule is O=C(O)CN1C(=O)C(=Cc2ccccc2OCC2CC2)SC1=S. The van der Waals surface area contributed by atoms with Gasteiger partial charge in [-0.15, -0.1) is 0 Å². The van der Waals surface area contributed by atoms with Crippen LogP contribution in [0.3, 0.4) is 0 Å². The first kappa shape index (κ1) is 16.0. The van der Waals surface area contributed by atoms with Gasteiger partial charge in [0.15, 0.2) is 0 Å². The molecule has 1 aliphatic carbocycles. The number of carboxylic acids is 1. The monoisotopic (exact) mass is 349 g/mol. The molecule has 1 aliphatic heterocycles. The van der Waals surface area contributed by atoms with Crippen molar-refractivity contribution in [3.8, 4) is 5.75 Å². The molecular weight excluding hydrogens is 334 g/mol. The number of thiocarbonyl (C=S) groups is 1. The van der Waals surface area contributed by atoms with Gasteiger partial charge in [-0.1, -0.05) is 42.2 Å². The minimum atomic E-state index is -1.09. The molecule has 23 heavy (non-hydrogen) atoms. The van der Waals surface area contributed by atoms with Crippen molar-refractivity contribution < 1.29 is 19.4 Å².